The largest absolute Gasteiger partial charge is 0.417 e. The van der Waals surface area contributed by atoms with Gasteiger partial charge in [-0.25, -0.2) is 4.39 Å². The van der Waals surface area contributed by atoms with Crippen molar-refractivity contribution in [3.05, 3.63) is 41.0 Å². The topological polar surface area (TPSA) is 47.3 Å². The third kappa shape index (κ3) is 3.94. The van der Waals surface area contributed by atoms with E-state index in [1.807, 2.05) is 0 Å². The molecule has 0 aliphatic rings. The lowest BCUT2D eigenvalue weighted by Gasteiger charge is -2.01. The number of ether oxygens (including phenoxy) is 1. The maximum atomic E-state index is 13.2. The smallest absolute Gasteiger partial charge is 0.399 e. The molecule has 6 heteroatoms. The maximum absolute atomic E-state index is 13.2. The Hall–Kier alpha value is -1.59. The fourth-order valence-electron chi connectivity index (χ4n) is 1.45. The zero-order valence-electron chi connectivity index (χ0n) is 10.5. The number of halogens is 2. The van der Waals surface area contributed by atoms with Crippen LogP contribution in [0.2, 0.25) is 5.02 Å². The van der Waals surface area contributed by atoms with Crippen molar-refractivity contribution >= 4 is 11.6 Å². The summed E-state index contributed by atoms with van der Waals surface area (Å²) in [7, 11) is 0. The van der Waals surface area contributed by atoms with Gasteiger partial charge in [0, 0.05) is 12.6 Å². The minimum atomic E-state index is -0.546. The highest BCUT2D eigenvalue weighted by Gasteiger charge is 2.08. The van der Waals surface area contributed by atoms with E-state index in [4.69, 9.17) is 20.8 Å². The van der Waals surface area contributed by atoms with Crippen LogP contribution in [0, 0.1) is 5.82 Å². The molecule has 0 aliphatic carbocycles. The first-order valence-electron chi connectivity index (χ1n) is 5.97. The predicted octanol–water partition coefficient (Wildman–Crippen LogP) is 3.76. The highest BCUT2D eigenvalue weighted by molar-refractivity contribution is 6.30. The van der Waals surface area contributed by atoms with Gasteiger partial charge in [-0.3, -0.25) is 0 Å². The van der Waals surface area contributed by atoms with Gasteiger partial charge in [-0.2, -0.15) is 4.98 Å². The normalized spacial score (nSPS) is 10.7. The molecule has 0 saturated heterocycles. The summed E-state index contributed by atoms with van der Waals surface area (Å²) in [6.07, 6.45) is 2.63. The molecule has 1 heterocycles. The van der Waals surface area contributed by atoms with Gasteiger partial charge in [0.25, 0.3) is 0 Å². The first-order chi connectivity index (χ1) is 9.19. The zero-order chi connectivity index (χ0) is 13.7. The van der Waals surface area contributed by atoms with Crippen LogP contribution in [0.25, 0.3) is 0 Å². The summed E-state index contributed by atoms with van der Waals surface area (Å²) >= 11 is 5.58. The van der Waals surface area contributed by atoms with Crippen molar-refractivity contribution in [1.29, 1.82) is 0 Å². The Morgan fingerprint density at radius 3 is 3.05 bits per heavy atom. The number of nitrogens with one attached hydrogen (secondary N) is 1. The molecule has 1 N–H and O–H groups in total. The van der Waals surface area contributed by atoms with E-state index < -0.39 is 5.82 Å². The molecule has 2 rings (SSSR count). The molecule has 102 valence electrons. The Morgan fingerprint density at radius 1 is 1.47 bits per heavy atom. The van der Waals surface area contributed by atoms with E-state index in [-0.39, 0.29) is 16.8 Å². The van der Waals surface area contributed by atoms with Crippen LogP contribution in [-0.2, 0) is 6.54 Å². The molecule has 1 aromatic heterocycles. The van der Waals surface area contributed by atoms with Gasteiger partial charge >= 0.3 is 6.08 Å². The second-order valence-corrected chi connectivity index (χ2v) is 4.37. The van der Waals surface area contributed by atoms with Crippen LogP contribution < -0.4 is 10.1 Å². The number of nitrogens with zero attached hydrogens (tertiary/aromatic N) is 1. The number of aromatic nitrogens is 1. The summed E-state index contributed by atoms with van der Waals surface area (Å²) in [4.78, 5) is 4.12. The summed E-state index contributed by atoms with van der Waals surface area (Å²) in [5.74, 6) is -0.257. The van der Waals surface area contributed by atoms with Crippen molar-refractivity contribution in [3.8, 4) is 11.8 Å². The van der Waals surface area contributed by atoms with Crippen molar-refractivity contribution in [2.75, 3.05) is 6.54 Å². The molecular weight excluding hydrogens is 271 g/mol. The lowest BCUT2D eigenvalue weighted by Crippen LogP contribution is -2.13. The monoisotopic (exact) mass is 284 g/mol. The fraction of sp³-hybridized carbons (Fsp3) is 0.308. The van der Waals surface area contributed by atoms with Crippen molar-refractivity contribution in [2.24, 2.45) is 0 Å². The van der Waals surface area contributed by atoms with E-state index in [2.05, 4.69) is 17.2 Å². The number of rotatable bonds is 6. The van der Waals surface area contributed by atoms with Crippen molar-refractivity contribution in [2.45, 2.75) is 19.9 Å². The van der Waals surface area contributed by atoms with Gasteiger partial charge in [-0.15, -0.1) is 0 Å². The second-order valence-electron chi connectivity index (χ2n) is 3.96. The number of hydrogen-bond donors (Lipinski definition) is 1. The first-order valence-corrected chi connectivity index (χ1v) is 6.35. The van der Waals surface area contributed by atoms with Crippen molar-refractivity contribution in [3.63, 3.8) is 0 Å². The van der Waals surface area contributed by atoms with Crippen LogP contribution in [-0.4, -0.2) is 11.5 Å². The van der Waals surface area contributed by atoms with Crippen molar-refractivity contribution < 1.29 is 13.5 Å². The fourth-order valence-corrected chi connectivity index (χ4v) is 1.57. The number of hydrogen-bond acceptors (Lipinski definition) is 4. The van der Waals surface area contributed by atoms with Gasteiger partial charge in [0.15, 0.2) is 0 Å². The molecule has 19 heavy (non-hydrogen) atoms. The highest BCUT2D eigenvalue weighted by atomic mass is 35.5. The molecule has 0 aliphatic heterocycles. The molecule has 4 nitrogen and oxygen atoms in total. The minimum Gasteiger partial charge on any atom is -0.417 e. The Balaban J connectivity index is 1.97. The molecule has 0 atom stereocenters. The minimum absolute atomic E-state index is 0.0456. The van der Waals surface area contributed by atoms with Crippen LogP contribution in [0.15, 0.2) is 28.9 Å². The Kier molecular flexibility index (Phi) is 4.76. The highest BCUT2D eigenvalue weighted by Crippen LogP contribution is 2.24. The molecular formula is C13H14ClFN2O2. The lowest BCUT2D eigenvalue weighted by atomic mass is 10.3. The molecule has 0 radical (unpaired) electrons. The first kappa shape index (κ1) is 13.8. The van der Waals surface area contributed by atoms with Crippen LogP contribution in [0.3, 0.4) is 0 Å². The van der Waals surface area contributed by atoms with Gasteiger partial charge in [0.05, 0.1) is 10.7 Å². The van der Waals surface area contributed by atoms with E-state index in [0.29, 0.717) is 6.54 Å². The summed E-state index contributed by atoms with van der Waals surface area (Å²) in [6.45, 7) is 3.60. The SMILES string of the molecule is CCCNCc1coc(Oc2ccc(Cl)c(F)c2)n1. The van der Waals surface area contributed by atoms with Gasteiger partial charge in [0.2, 0.25) is 0 Å². The van der Waals surface area contributed by atoms with E-state index in [1.54, 1.807) is 6.07 Å². The Bertz CT molecular complexity index is 545. The number of oxazole rings is 1. The molecule has 0 unspecified atom stereocenters. The summed E-state index contributed by atoms with van der Waals surface area (Å²) in [6, 6.07) is 4.14. The van der Waals surface area contributed by atoms with Gasteiger partial charge in [0.1, 0.15) is 17.8 Å². The average Bonchev–Trinajstić information content (AvgIpc) is 2.82. The molecule has 0 bridgehead atoms. The predicted molar refractivity (Wildman–Crippen MR) is 70.0 cm³/mol. The molecule has 0 fully saturated rings. The van der Waals surface area contributed by atoms with Gasteiger partial charge in [-0.05, 0) is 25.1 Å². The molecule has 1 aromatic carbocycles. The average molecular weight is 285 g/mol. The third-order valence-corrected chi connectivity index (χ3v) is 2.67. The summed E-state index contributed by atoms with van der Waals surface area (Å²) in [5.41, 5.74) is 0.734. The van der Waals surface area contributed by atoms with E-state index in [9.17, 15) is 4.39 Å². The van der Waals surface area contributed by atoms with Crippen LogP contribution in [0.5, 0.6) is 11.8 Å². The lowest BCUT2D eigenvalue weighted by molar-refractivity contribution is 0.329. The summed E-state index contributed by atoms with van der Waals surface area (Å²) in [5, 5.41) is 3.24. The molecule has 0 saturated carbocycles. The van der Waals surface area contributed by atoms with Crippen LogP contribution >= 0.6 is 11.6 Å². The molecule has 0 spiro atoms. The number of benzene rings is 1. The molecule has 2 aromatic rings. The van der Waals surface area contributed by atoms with E-state index in [0.717, 1.165) is 18.7 Å². The Labute approximate surface area is 115 Å². The van der Waals surface area contributed by atoms with E-state index in [1.165, 1.54) is 18.4 Å². The van der Waals surface area contributed by atoms with Crippen molar-refractivity contribution in [1.82, 2.24) is 10.3 Å². The second kappa shape index (κ2) is 6.54. The molecule has 0 amide bonds. The standard InChI is InChI=1S/C13H14ClFN2O2/c1-2-5-16-7-9-8-18-13(17-9)19-10-3-4-11(14)12(15)6-10/h3-4,6,8,16H,2,5,7H2,1H3. The van der Waals surface area contributed by atoms with E-state index >= 15 is 0 Å². The third-order valence-electron chi connectivity index (χ3n) is 2.36. The van der Waals surface area contributed by atoms with Gasteiger partial charge < -0.3 is 14.5 Å². The van der Waals surface area contributed by atoms with Crippen LogP contribution in [0.4, 0.5) is 4.39 Å². The zero-order valence-corrected chi connectivity index (χ0v) is 11.2. The summed E-state index contributed by atoms with van der Waals surface area (Å²) < 4.78 is 23.7. The maximum Gasteiger partial charge on any atom is 0.399 e. The quantitative estimate of drug-likeness (QED) is 0.821. The van der Waals surface area contributed by atoms with Gasteiger partial charge in [-0.1, -0.05) is 18.5 Å². The Morgan fingerprint density at radius 2 is 2.32 bits per heavy atom. The van der Waals surface area contributed by atoms with Crippen LogP contribution in [0.1, 0.15) is 19.0 Å².